The third-order valence-electron chi connectivity index (χ3n) is 17.3. The summed E-state index contributed by atoms with van der Waals surface area (Å²) in [4.78, 5) is 14.4. The average Bonchev–Trinajstić information content (AvgIpc) is 3.42. The summed E-state index contributed by atoms with van der Waals surface area (Å²) < 4.78 is 6.82. The van der Waals surface area contributed by atoms with E-state index in [9.17, 15) is 4.79 Å². The van der Waals surface area contributed by atoms with Crippen molar-refractivity contribution in [1.29, 1.82) is 0 Å². The van der Waals surface area contributed by atoms with Crippen LogP contribution in [0, 0.1) is 56.2 Å². The molecule has 0 amide bonds. The lowest BCUT2D eigenvalue weighted by Crippen LogP contribution is -2.67. The van der Waals surface area contributed by atoms with Gasteiger partial charge in [-0.25, -0.2) is 0 Å². The van der Waals surface area contributed by atoms with Crippen molar-refractivity contribution in [2.24, 2.45) is 56.2 Å². The van der Waals surface area contributed by atoms with Gasteiger partial charge in [0.15, 0.2) is 5.78 Å². The van der Waals surface area contributed by atoms with E-state index in [0.29, 0.717) is 40.0 Å². The van der Waals surface area contributed by atoms with Crippen molar-refractivity contribution in [3.05, 3.63) is 65.2 Å². The molecule has 0 spiro atoms. The summed E-state index contributed by atoms with van der Waals surface area (Å²) in [6.45, 7) is 20.9. The Labute approximate surface area is 304 Å². The zero-order chi connectivity index (χ0) is 35.3. The van der Waals surface area contributed by atoms with E-state index in [1.165, 1.54) is 93.7 Å². The van der Waals surface area contributed by atoms with Crippen LogP contribution in [0.3, 0.4) is 0 Å². The number of carbonyl (C=O) groups excluding carboxylic acids is 1. The molecule has 270 valence electrons. The first kappa shape index (κ1) is 34.9. The van der Waals surface area contributed by atoms with Crippen LogP contribution in [0.5, 0.6) is 0 Å². The second-order valence-electron chi connectivity index (χ2n) is 20.4. The fourth-order valence-electron chi connectivity index (χ4n) is 14.4. The maximum absolute atomic E-state index is 14.4. The Kier molecular flexibility index (Phi) is 8.31. The molecule has 0 radical (unpaired) electrons. The SMILES string of the molecule is CCCCCc1ccc(-c2ccc(/C=C3\C[C@@]4(C)C(CC[C@]5(C)C4CCC4C6[C@@H]7OC[C@@]6(CCC7(C)C)CC[C@]45C)C(C)(C)C3=O)cc2)cc1. The first-order chi connectivity index (χ1) is 23.7. The highest BCUT2D eigenvalue weighted by atomic mass is 16.5. The Balaban J connectivity index is 1.07. The Morgan fingerprint density at radius 1 is 0.740 bits per heavy atom. The summed E-state index contributed by atoms with van der Waals surface area (Å²) in [7, 11) is 0. The number of aryl methyl sites for hydroxylation is 1. The molecule has 2 nitrogen and oxygen atoms in total. The molecule has 2 aromatic rings. The van der Waals surface area contributed by atoms with Crippen LogP contribution in [-0.2, 0) is 16.0 Å². The molecule has 50 heavy (non-hydrogen) atoms. The highest BCUT2D eigenvalue weighted by Crippen LogP contribution is 2.78. The Morgan fingerprint density at radius 2 is 1.42 bits per heavy atom. The van der Waals surface area contributed by atoms with Crippen molar-refractivity contribution in [3.8, 4) is 11.1 Å². The number of hydrogen-bond acceptors (Lipinski definition) is 2. The van der Waals surface area contributed by atoms with E-state index >= 15 is 0 Å². The van der Waals surface area contributed by atoms with Crippen molar-refractivity contribution < 1.29 is 9.53 Å². The van der Waals surface area contributed by atoms with Crippen LogP contribution in [0.25, 0.3) is 17.2 Å². The van der Waals surface area contributed by atoms with Gasteiger partial charge in [0.1, 0.15) is 0 Å². The van der Waals surface area contributed by atoms with Gasteiger partial charge in [-0.1, -0.05) is 117 Å². The van der Waals surface area contributed by atoms with Crippen molar-refractivity contribution in [3.63, 3.8) is 0 Å². The lowest BCUT2D eigenvalue weighted by molar-refractivity contribution is -0.236. The molecule has 6 fully saturated rings. The van der Waals surface area contributed by atoms with E-state index in [1.807, 2.05) is 0 Å². The van der Waals surface area contributed by atoms with Gasteiger partial charge in [0.2, 0.25) is 0 Å². The quantitative estimate of drug-likeness (QED) is 0.225. The third kappa shape index (κ3) is 4.99. The standard InChI is InChI=1S/C48H66O2/c1-9-10-11-12-32-13-17-34(18-14-32)35-19-15-33(16-20-35)29-36-30-45(6)38(44(4,5)41(36)49)23-24-47(8)39(45)22-21-37-40-42-43(2,3)25-27-48(40,31-50-42)28-26-46(37,47)7/h13-20,29,37-40,42H,9-12,21-28,30-31H2,1-8H3/b36-29+/t37?,38?,39?,40?,42-,45-,46+,47+,48+/m0/s1. The highest BCUT2D eigenvalue weighted by Gasteiger charge is 2.73. The molecular weight excluding hydrogens is 609 g/mol. The topological polar surface area (TPSA) is 26.3 Å². The number of fused-ring (bicyclic) bond motifs is 5. The molecule has 1 saturated heterocycles. The lowest BCUT2D eigenvalue weighted by Gasteiger charge is -2.73. The summed E-state index contributed by atoms with van der Waals surface area (Å²) in [5.41, 5.74) is 7.29. The molecule has 2 bridgehead atoms. The zero-order valence-electron chi connectivity index (χ0n) is 32.8. The van der Waals surface area contributed by atoms with Gasteiger partial charge in [0.25, 0.3) is 0 Å². The van der Waals surface area contributed by atoms with Crippen LogP contribution in [0.15, 0.2) is 54.1 Å². The van der Waals surface area contributed by atoms with Crippen molar-refractivity contribution >= 4 is 11.9 Å². The van der Waals surface area contributed by atoms with Crippen LogP contribution in [0.4, 0.5) is 0 Å². The Bertz CT molecular complexity index is 1640. The minimum absolute atomic E-state index is 0.124. The zero-order valence-corrected chi connectivity index (χ0v) is 32.8. The van der Waals surface area contributed by atoms with Gasteiger partial charge in [0.05, 0.1) is 12.7 Å². The van der Waals surface area contributed by atoms with E-state index in [1.54, 1.807) is 0 Å². The van der Waals surface area contributed by atoms with Crippen molar-refractivity contribution in [2.45, 2.75) is 145 Å². The number of allylic oxidation sites excluding steroid dienone is 1. The first-order valence-corrected chi connectivity index (χ1v) is 20.7. The molecule has 0 aromatic heterocycles. The number of ether oxygens (including phenoxy) is 1. The van der Waals surface area contributed by atoms with E-state index in [2.05, 4.69) is 110 Å². The first-order valence-electron chi connectivity index (χ1n) is 20.7. The fraction of sp³-hybridized carbons (Fsp3) is 0.688. The van der Waals surface area contributed by atoms with Crippen LogP contribution < -0.4 is 0 Å². The number of unbranched alkanes of at least 4 members (excludes halogenated alkanes) is 2. The van der Waals surface area contributed by atoms with E-state index < -0.39 is 0 Å². The molecular formula is C48H66O2. The van der Waals surface area contributed by atoms with Crippen molar-refractivity contribution in [2.75, 3.05) is 6.61 Å². The highest BCUT2D eigenvalue weighted by molar-refractivity contribution is 6.04. The van der Waals surface area contributed by atoms with Gasteiger partial charge in [-0.3, -0.25) is 4.79 Å². The molecule has 5 aliphatic carbocycles. The maximum Gasteiger partial charge on any atom is 0.164 e. The van der Waals surface area contributed by atoms with Gasteiger partial charge in [-0.2, -0.15) is 0 Å². The van der Waals surface area contributed by atoms with E-state index in [4.69, 9.17) is 4.74 Å². The number of hydrogen-bond donors (Lipinski definition) is 0. The molecule has 0 N–H and O–H groups in total. The number of Topliss-reactive ketones (excluding diaryl/α,β-unsaturated/α-hetero) is 1. The van der Waals surface area contributed by atoms with Crippen LogP contribution in [-0.4, -0.2) is 18.5 Å². The maximum atomic E-state index is 14.4. The molecule has 5 saturated carbocycles. The molecule has 9 atom stereocenters. The molecule has 2 aromatic carbocycles. The largest absolute Gasteiger partial charge is 0.377 e. The van der Waals surface area contributed by atoms with Crippen LogP contribution in [0.2, 0.25) is 0 Å². The Morgan fingerprint density at radius 3 is 2.12 bits per heavy atom. The number of benzene rings is 2. The monoisotopic (exact) mass is 675 g/mol. The van der Waals surface area contributed by atoms with Gasteiger partial charge >= 0.3 is 0 Å². The predicted molar refractivity (Wildman–Crippen MR) is 208 cm³/mol. The second-order valence-corrected chi connectivity index (χ2v) is 20.4. The second kappa shape index (κ2) is 11.9. The summed E-state index contributed by atoms with van der Waals surface area (Å²) in [6.07, 6.45) is 19.1. The minimum Gasteiger partial charge on any atom is -0.377 e. The fourth-order valence-corrected chi connectivity index (χ4v) is 14.4. The third-order valence-corrected chi connectivity index (χ3v) is 17.3. The summed E-state index contributed by atoms with van der Waals surface area (Å²) in [6, 6.07) is 18.1. The smallest absolute Gasteiger partial charge is 0.164 e. The van der Waals surface area contributed by atoms with Crippen molar-refractivity contribution in [1.82, 2.24) is 0 Å². The summed E-state index contributed by atoms with van der Waals surface area (Å²) in [5.74, 6) is 2.95. The van der Waals surface area contributed by atoms with Crippen LogP contribution in [0.1, 0.15) is 144 Å². The van der Waals surface area contributed by atoms with Crippen LogP contribution >= 0.6 is 0 Å². The molecule has 8 rings (SSSR count). The number of ketones is 1. The summed E-state index contributed by atoms with van der Waals surface area (Å²) >= 11 is 0. The van der Waals surface area contributed by atoms with Gasteiger partial charge < -0.3 is 4.74 Å². The predicted octanol–water partition coefficient (Wildman–Crippen LogP) is 12.5. The average molecular weight is 675 g/mol. The molecule has 6 aliphatic rings. The number of carbonyl (C=O) groups is 1. The van der Waals surface area contributed by atoms with E-state index in [0.717, 1.165) is 36.0 Å². The lowest BCUT2D eigenvalue weighted by atomic mass is 9.31. The Hall–Kier alpha value is -2.19. The van der Waals surface area contributed by atoms with E-state index in [-0.39, 0.29) is 16.2 Å². The summed E-state index contributed by atoms with van der Waals surface area (Å²) in [5, 5.41) is 0. The van der Waals surface area contributed by atoms with Gasteiger partial charge in [-0.05, 0) is 155 Å². The van der Waals surface area contributed by atoms with Gasteiger partial charge in [-0.15, -0.1) is 0 Å². The normalized spacial score (nSPS) is 42.0. The molecule has 1 aliphatic heterocycles. The minimum atomic E-state index is -0.340. The molecule has 1 heterocycles. The molecule has 4 unspecified atom stereocenters. The number of rotatable bonds is 6. The molecule has 2 heteroatoms. The van der Waals surface area contributed by atoms with Gasteiger partial charge in [0, 0.05) is 5.41 Å².